The zero-order valence-corrected chi connectivity index (χ0v) is 17.8. The molecule has 0 aliphatic carbocycles. The zero-order valence-electron chi connectivity index (χ0n) is 17.8. The molecular formula is C25H20N6O2. The maximum Gasteiger partial charge on any atom is 0.255 e. The van der Waals surface area contributed by atoms with Crippen molar-refractivity contribution in [3.63, 3.8) is 0 Å². The Hall–Kier alpha value is -4.72. The van der Waals surface area contributed by atoms with Crippen LogP contribution in [-0.2, 0) is 0 Å². The summed E-state index contributed by atoms with van der Waals surface area (Å²) in [5.41, 5.74) is 4.59. The fraction of sp³-hybridized carbons (Fsp3) is 0.0400. The van der Waals surface area contributed by atoms with Crippen LogP contribution < -0.4 is 15.4 Å². The van der Waals surface area contributed by atoms with Gasteiger partial charge in [-0.15, -0.1) is 5.10 Å². The molecule has 33 heavy (non-hydrogen) atoms. The van der Waals surface area contributed by atoms with Gasteiger partial charge in [0.2, 0.25) is 5.95 Å². The van der Waals surface area contributed by atoms with Crippen LogP contribution in [0.3, 0.4) is 0 Å². The molecule has 0 bridgehead atoms. The summed E-state index contributed by atoms with van der Waals surface area (Å²) in [4.78, 5) is 21.0. The fourth-order valence-electron chi connectivity index (χ4n) is 3.41. The lowest BCUT2D eigenvalue weighted by Gasteiger charge is -2.06. The molecule has 3 heterocycles. The number of benzene rings is 2. The minimum Gasteiger partial charge on any atom is -0.497 e. The van der Waals surface area contributed by atoms with Crippen LogP contribution in [0.1, 0.15) is 10.4 Å². The van der Waals surface area contributed by atoms with Gasteiger partial charge in [0.1, 0.15) is 5.75 Å². The van der Waals surface area contributed by atoms with Crippen LogP contribution in [0.15, 0.2) is 91.3 Å². The van der Waals surface area contributed by atoms with Gasteiger partial charge in [-0.3, -0.25) is 9.78 Å². The number of amides is 1. The van der Waals surface area contributed by atoms with Crippen molar-refractivity contribution in [2.45, 2.75) is 0 Å². The maximum atomic E-state index is 12.4. The number of nitrogens with one attached hydrogen (secondary N) is 2. The van der Waals surface area contributed by atoms with Crippen LogP contribution in [-0.4, -0.2) is 32.6 Å². The fourth-order valence-corrected chi connectivity index (χ4v) is 3.41. The quantitative estimate of drug-likeness (QED) is 0.397. The summed E-state index contributed by atoms with van der Waals surface area (Å²) in [5, 5.41) is 10.6. The van der Waals surface area contributed by atoms with E-state index < -0.39 is 0 Å². The third-order valence-electron chi connectivity index (χ3n) is 5.07. The van der Waals surface area contributed by atoms with E-state index in [1.165, 1.54) is 0 Å². The van der Waals surface area contributed by atoms with Crippen LogP contribution in [0.4, 0.5) is 17.3 Å². The van der Waals surface area contributed by atoms with Gasteiger partial charge in [-0.05, 0) is 72.8 Å². The van der Waals surface area contributed by atoms with Gasteiger partial charge in [0.05, 0.1) is 24.7 Å². The molecular weight excluding hydrogens is 416 g/mol. The van der Waals surface area contributed by atoms with Gasteiger partial charge < -0.3 is 15.4 Å². The first-order chi connectivity index (χ1) is 16.2. The molecule has 0 unspecified atom stereocenters. The number of pyridine rings is 2. The first-order valence-electron chi connectivity index (χ1n) is 10.3. The second-order valence-electron chi connectivity index (χ2n) is 7.24. The van der Waals surface area contributed by atoms with Gasteiger partial charge in [0.15, 0.2) is 5.65 Å². The second-order valence-corrected chi connectivity index (χ2v) is 7.24. The average Bonchev–Trinajstić information content (AvgIpc) is 3.27. The van der Waals surface area contributed by atoms with Crippen LogP contribution in [0.2, 0.25) is 0 Å². The Kier molecular flexibility index (Phi) is 5.38. The number of carbonyl (C=O) groups excluding carboxylic acids is 1. The number of rotatable bonds is 6. The minimum atomic E-state index is -0.204. The van der Waals surface area contributed by atoms with E-state index in [9.17, 15) is 4.79 Å². The summed E-state index contributed by atoms with van der Waals surface area (Å²) in [6.07, 6.45) is 3.26. The molecule has 3 aromatic heterocycles. The number of hydrogen-bond donors (Lipinski definition) is 2. The van der Waals surface area contributed by atoms with Gasteiger partial charge in [0, 0.05) is 23.0 Å². The van der Waals surface area contributed by atoms with Crippen molar-refractivity contribution >= 4 is 28.9 Å². The number of nitrogens with zero attached hydrogens (tertiary/aromatic N) is 4. The second kappa shape index (κ2) is 8.80. The van der Waals surface area contributed by atoms with Gasteiger partial charge in [-0.25, -0.2) is 4.52 Å². The van der Waals surface area contributed by atoms with E-state index in [2.05, 4.69) is 25.7 Å². The Morgan fingerprint density at radius 1 is 0.909 bits per heavy atom. The predicted octanol–water partition coefficient (Wildman–Crippen LogP) is 4.80. The average molecular weight is 436 g/mol. The molecule has 1 amide bonds. The third kappa shape index (κ3) is 4.35. The van der Waals surface area contributed by atoms with Gasteiger partial charge in [-0.1, -0.05) is 6.07 Å². The highest BCUT2D eigenvalue weighted by Crippen LogP contribution is 2.24. The Labute approximate surface area is 189 Å². The number of anilines is 3. The lowest BCUT2D eigenvalue weighted by molar-refractivity contribution is 0.102. The van der Waals surface area contributed by atoms with Crippen molar-refractivity contribution < 1.29 is 9.53 Å². The summed E-state index contributed by atoms with van der Waals surface area (Å²) >= 11 is 0. The summed E-state index contributed by atoms with van der Waals surface area (Å²) in [6.45, 7) is 0. The first-order valence-corrected chi connectivity index (χ1v) is 10.3. The van der Waals surface area contributed by atoms with Crippen molar-refractivity contribution in [2.24, 2.45) is 0 Å². The summed E-state index contributed by atoms with van der Waals surface area (Å²) in [6, 6.07) is 24.3. The minimum absolute atomic E-state index is 0.204. The molecule has 0 aliphatic rings. The molecule has 2 aromatic carbocycles. The van der Waals surface area contributed by atoms with Gasteiger partial charge in [-0.2, -0.15) is 4.98 Å². The van der Waals surface area contributed by atoms with Crippen LogP contribution in [0, 0.1) is 0 Å². The summed E-state index contributed by atoms with van der Waals surface area (Å²) in [7, 11) is 1.64. The standard InChI is InChI=1S/C25H20N6O2/c1-33-21-13-9-17(10-14-21)22-5-2-6-23-29-25(30-31(22)23)28-19-11-7-18(8-12-19)24(32)27-20-4-3-15-26-16-20/h2-16H,1H3,(H,27,32)(H,28,30). The Bertz CT molecular complexity index is 1400. The Balaban J connectivity index is 1.34. The van der Waals surface area contributed by atoms with Crippen molar-refractivity contribution in [3.8, 4) is 17.0 Å². The van der Waals surface area contributed by atoms with Crippen LogP contribution >= 0.6 is 0 Å². The highest BCUT2D eigenvalue weighted by molar-refractivity contribution is 6.04. The van der Waals surface area contributed by atoms with E-state index in [0.717, 1.165) is 28.3 Å². The summed E-state index contributed by atoms with van der Waals surface area (Å²) < 4.78 is 7.03. The number of carbonyl (C=O) groups is 1. The van der Waals surface area contributed by atoms with Crippen molar-refractivity contribution in [3.05, 3.63) is 96.8 Å². The van der Waals surface area contributed by atoms with Crippen molar-refractivity contribution in [1.82, 2.24) is 19.6 Å². The number of aromatic nitrogens is 4. The lowest BCUT2D eigenvalue weighted by Crippen LogP contribution is -2.11. The number of hydrogen-bond acceptors (Lipinski definition) is 6. The maximum absolute atomic E-state index is 12.4. The highest BCUT2D eigenvalue weighted by Gasteiger charge is 2.10. The molecule has 162 valence electrons. The molecule has 5 aromatic rings. The van der Waals surface area contributed by atoms with Crippen molar-refractivity contribution in [1.29, 1.82) is 0 Å². The Morgan fingerprint density at radius 2 is 1.73 bits per heavy atom. The topological polar surface area (TPSA) is 93.4 Å². The van der Waals surface area contributed by atoms with E-state index in [4.69, 9.17) is 4.74 Å². The van der Waals surface area contributed by atoms with E-state index >= 15 is 0 Å². The molecule has 0 saturated carbocycles. The monoisotopic (exact) mass is 436 g/mol. The molecule has 0 atom stereocenters. The lowest BCUT2D eigenvalue weighted by atomic mass is 10.1. The summed E-state index contributed by atoms with van der Waals surface area (Å²) in [5.74, 6) is 1.05. The molecule has 0 aliphatic heterocycles. The molecule has 0 radical (unpaired) electrons. The molecule has 2 N–H and O–H groups in total. The normalized spacial score (nSPS) is 10.7. The molecule has 0 fully saturated rings. The van der Waals surface area contributed by atoms with Gasteiger partial charge >= 0.3 is 0 Å². The Morgan fingerprint density at radius 3 is 2.45 bits per heavy atom. The smallest absolute Gasteiger partial charge is 0.255 e. The van der Waals surface area contributed by atoms with E-state index in [1.54, 1.807) is 48.3 Å². The van der Waals surface area contributed by atoms with Crippen molar-refractivity contribution in [2.75, 3.05) is 17.7 Å². The number of fused-ring (bicyclic) bond motifs is 1. The number of methoxy groups -OCH3 is 1. The first kappa shape index (κ1) is 20.2. The van der Waals surface area contributed by atoms with E-state index in [0.29, 0.717) is 17.2 Å². The van der Waals surface area contributed by atoms with Crippen LogP contribution in [0.25, 0.3) is 16.9 Å². The molecule has 8 heteroatoms. The van der Waals surface area contributed by atoms with Gasteiger partial charge in [0.25, 0.3) is 5.91 Å². The van der Waals surface area contributed by atoms with Crippen LogP contribution in [0.5, 0.6) is 5.75 Å². The zero-order chi connectivity index (χ0) is 22.6. The predicted molar refractivity (Wildman–Crippen MR) is 127 cm³/mol. The highest BCUT2D eigenvalue weighted by atomic mass is 16.5. The largest absolute Gasteiger partial charge is 0.497 e. The molecule has 0 spiro atoms. The molecule has 5 rings (SSSR count). The third-order valence-corrected chi connectivity index (χ3v) is 5.07. The SMILES string of the molecule is COc1ccc(-c2cccc3nc(Nc4ccc(C(=O)Nc5cccnc5)cc4)nn23)cc1. The molecule has 0 saturated heterocycles. The number of ether oxygens (including phenoxy) is 1. The molecule has 8 nitrogen and oxygen atoms in total. The van der Waals surface area contributed by atoms with E-state index in [1.807, 2.05) is 54.6 Å². The van der Waals surface area contributed by atoms with E-state index in [-0.39, 0.29) is 5.91 Å².